The van der Waals surface area contributed by atoms with Gasteiger partial charge in [0.1, 0.15) is 11.5 Å². The monoisotopic (exact) mass is 472 g/mol. The van der Waals surface area contributed by atoms with Crippen LogP contribution in [0.25, 0.3) is 0 Å². The Kier molecular flexibility index (Phi) is 7.14. The standard InChI is InChI=1S/C19H19BrCl2N2O3/c1-19(2,3)12-4-5-16(14(20)7-12)27-10-17(25)24-23-9-11-6-13(21)8-15(22)18(11)26/h4-9,26H,10H2,1-3H3,(H,24,25)/b23-9-. The number of hydrogen-bond donors (Lipinski definition) is 2. The van der Waals surface area contributed by atoms with Crippen LogP contribution in [0.4, 0.5) is 0 Å². The zero-order valence-corrected chi connectivity index (χ0v) is 18.1. The molecule has 144 valence electrons. The molecule has 0 unspecified atom stereocenters. The summed E-state index contributed by atoms with van der Waals surface area (Å²) in [5, 5.41) is 14.0. The van der Waals surface area contributed by atoms with Gasteiger partial charge in [0.25, 0.3) is 5.91 Å². The lowest BCUT2D eigenvalue weighted by Crippen LogP contribution is -2.24. The maximum absolute atomic E-state index is 11.9. The number of ether oxygens (including phenoxy) is 1. The highest BCUT2D eigenvalue weighted by molar-refractivity contribution is 9.10. The minimum atomic E-state index is -0.453. The van der Waals surface area contributed by atoms with E-state index in [1.807, 2.05) is 18.2 Å². The molecule has 0 aliphatic carbocycles. The molecule has 5 nitrogen and oxygen atoms in total. The Labute approximate surface area is 176 Å². The van der Waals surface area contributed by atoms with E-state index in [4.69, 9.17) is 27.9 Å². The first-order valence-corrected chi connectivity index (χ1v) is 9.55. The minimum absolute atomic E-state index is 0.0158. The van der Waals surface area contributed by atoms with Gasteiger partial charge in [-0.15, -0.1) is 0 Å². The third-order valence-corrected chi connectivity index (χ3v) is 4.73. The molecule has 8 heteroatoms. The van der Waals surface area contributed by atoms with E-state index in [1.54, 1.807) is 0 Å². The summed E-state index contributed by atoms with van der Waals surface area (Å²) in [5.41, 5.74) is 3.77. The van der Waals surface area contributed by atoms with Crippen LogP contribution < -0.4 is 10.2 Å². The number of nitrogens with zero attached hydrogens (tertiary/aromatic N) is 1. The molecule has 0 atom stereocenters. The SMILES string of the molecule is CC(C)(C)c1ccc(OCC(=O)N/N=C\c2cc(Cl)cc(Cl)c2O)c(Br)c1. The highest BCUT2D eigenvalue weighted by Gasteiger charge is 2.15. The van der Waals surface area contributed by atoms with E-state index in [2.05, 4.69) is 47.2 Å². The van der Waals surface area contributed by atoms with Crippen LogP contribution in [0.3, 0.4) is 0 Å². The number of benzene rings is 2. The van der Waals surface area contributed by atoms with Crippen molar-refractivity contribution in [2.75, 3.05) is 6.61 Å². The maximum Gasteiger partial charge on any atom is 0.277 e. The van der Waals surface area contributed by atoms with Gasteiger partial charge in [0.15, 0.2) is 6.61 Å². The lowest BCUT2D eigenvalue weighted by molar-refractivity contribution is -0.123. The van der Waals surface area contributed by atoms with Gasteiger partial charge in [-0.25, -0.2) is 5.43 Å². The summed E-state index contributed by atoms with van der Waals surface area (Å²) in [6.45, 7) is 6.13. The quantitative estimate of drug-likeness (QED) is 0.457. The highest BCUT2D eigenvalue weighted by Crippen LogP contribution is 2.31. The van der Waals surface area contributed by atoms with Crippen molar-refractivity contribution in [3.63, 3.8) is 0 Å². The predicted molar refractivity (Wildman–Crippen MR) is 112 cm³/mol. The summed E-state index contributed by atoms with van der Waals surface area (Å²) in [7, 11) is 0. The van der Waals surface area contributed by atoms with Gasteiger partial charge in [-0.1, -0.05) is 50.0 Å². The number of amides is 1. The van der Waals surface area contributed by atoms with Crippen molar-refractivity contribution < 1.29 is 14.6 Å². The smallest absolute Gasteiger partial charge is 0.277 e. The van der Waals surface area contributed by atoms with Gasteiger partial charge in [-0.3, -0.25) is 4.79 Å². The van der Waals surface area contributed by atoms with Crippen molar-refractivity contribution in [2.45, 2.75) is 26.2 Å². The van der Waals surface area contributed by atoms with Gasteiger partial charge in [-0.2, -0.15) is 5.10 Å². The van der Waals surface area contributed by atoms with Crippen molar-refractivity contribution >= 4 is 51.3 Å². The summed E-state index contributed by atoms with van der Waals surface area (Å²) in [4.78, 5) is 11.9. The molecular weight excluding hydrogens is 455 g/mol. The number of hydrogen-bond acceptors (Lipinski definition) is 4. The number of halogens is 3. The number of hydrazone groups is 1. The molecule has 0 aliphatic heterocycles. The van der Waals surface area contributed by atoms with Crippen LogP contribution in [-0.2, 0) is 10.2 Å². The van der Waals surface area contributed by atoms with E-state index in [-0.39, 0.29) is 28.4 Å². The summed E-state index contributed by atoms with van der Waals surface area (Å²) in [6.07, 6.45) is 1.25. The van der Waals surface area contributed by atoms with Crippen LogP contribution in [0.1, 0.15) is 31.9 Å². The molecule has 2 N–H and O–H groups in total. The number of carbonyl (C=O) groups excluding carboxylic acids is 1. The normalized spacial score (nSPS) is 11.6. The average Bonchev–Trinajstić information content (AvgIpc) is 2.57. The Morgan fingerprint density at radius 3 is 2.63 bits per heavy atom. The minimum Gasteiger partial charge on any atom is -0.506 e. The Balaban J connectivity index is 1.94. The highest BCUT2D eigenvalue weighted by atomic mass is 79.9. The van der Waals surface area contributed by atoms with Gasteiger partial charge in [0.05, 0.1) is 15.7 Å². The Morgan fingerprint density at radius 2 is 2.00 bits per heavy atom. The van der Waals surface area contributed by atoms with Crippen LogP contribution in [0, 0.1) is 0 Å². The molecule has 0 aromatic heterocycles. The maximum atomic E-state index is 11.9. The summed E-state index contributed by atoms with van der Waals surface area (Å²) in [6, 6.07) is 8.62. The molecule has 0 saturated carbocycles. The fourth-order valence-electron chi connectivity index (χ4n) is 2.12. The number of phenols is 1. The first-order valence-electron chi connectivity index (χ1n) is 8.00. The molecule has 27 heavy (non-hydrogen) atoms. The first kappa shape index (κ1) is 21.5. The Bertz CT molecular complexity index is 880. The second-order valence-corrected chi connectivity index (χ2v) is 8.50. The van der Waals surface area contributed by atoms with Crippen molar-refractivity contribution in [2.24, 2.45) is 5.10 Å². The fraction of sp³-hybridized carbons (Fsp3) is 0.263. The molecule has 0 aliphatic rings. The number of carbonyl (C=O) groups is 1. The van der Waals surface area contributed by atoms with Gasteiger partial charge >= 0.3 is 0 Å². The number of phenolic OH excluding ortho intramolecular Hbond substituents is 1. The molecule has 0 fully saturated rings. The van der Waals surface area contributed by atoms with Gasteiger partial charge < -0.3 is 9.84 Å². The molecule has 1 amide bonds. The molecule has 0 bridgehead atoms. The van der Waals surface area contributed by atoms with E-state index in [0.717, 1.165) is 10.0 Å². The summed E-state index contributed by atoms with van der Waals surface area (Å²) in [5.74, 6) is -0.0646. The van der Waals surface area contributed by atoms with Crippen LogP contribution in [0.15, 0.2) is 39.9 Å². The topological polar surface area (TPSA) is 70.9 Å². The molecular formula is C19H19BrCl2N2O3. The Morgan fingerprint density at radius 1 is 1.30 bits per heavy atom. The van der Waals surface area contributed by atoms with Crippen molar-refractivity contribution in [1.29, 1.82) is 0 Å². The van der Waals surface area contributed by atoms with Crippen molar-refractivity contribution in [1.82, 2.24) is 5.43 Å². The van der Waals surface area contributed by atoms with Crippen LogP contribution in [-0.4, -0.2) is 23.8 Å². The first-order chi connectivity index (χ1) is 12.6. The second-order valence-electron chi connectivity index (χ2n) is 6.80. The third kappa shape index (κ3) is 6.13. The third-order valence-electron chi connectivity index (χ3n) is 3.61. The second kappa shape index (κ2) is 8.95. The predicted octanol–water partition coefficient (Wildman–Crippen LogP) is 5.29. The lowest BCUT2D eigenvalue weighted by Gasteiger charge is -2.20. The molecule has 2 aromatic carbocycles. The molecule has 0 saturated heterocycles. The van der Waals surface area contributed by atoms with Crippen molar-refractivity contribution in [3.8, 4) is 11.5 Å². The molecule has 0 spiro atoms. The molecule has 0 heterocycles. The fourth-order valence-corrected chi connectivity index (χ4v) is 3.12. The number of nitrogens with one attached hydrogen (secondary N) is 1. The summed E-state index contributed by atoms with van der Waals surface area (Å²) < 4.78 is 6.27. The Hall–Kier alpha value is -1.76. The van der Waals surface area contributed by atoms with E-state index >= 15 is 0 Å². The number of rotatable bonds is 5. The van der Waals surface area contributed by atoms with Gasteiger partial charge in [-0.05, 0) is 51.2 Å². The van der Waals surface area contributed by atoms with E-state index in [9.17, 15) is 9.90 Å². The van der Waals surface area contributed by atoms with Gasteiger partial charge in [0.2, 0.25) is 0 Å². The zero-order chi connectivity index (χ0) is 20.2. The van der Waals surface area contributed by atoms with Crippen LogP contribution >= 0.6 is 39.1 Å². The molecule has 0 radical (unpaired) electrons. The van der Waals surface area contributed by atoms with Crippen molar-refractivity contribution in [3.05, 3.63) is 56.0 Å². The van der Waals surface area contributed by atoms with E-state index in [0.29, 0.717) is 10.8 Å². The zero-order valence-electron chi connectivity index (χ0n) is 15.0. The van der Waals surface area contributed by atoms with E-state index in [1.165, 1.54) is 18.3 Å². The van der Waals surface area contributed by atoms with E-state index < -0.39 is 5.91 Å². The van der Waals surface area contributed by atoms with Crippen LogP contribution in [0.2, 0.25) is 10.0 Å². The van der Waals surface area contributed by atoms with Crippen LogP contribution in [0.5, 0.6) is 11.5 Å². The van der Waals surface area contributed by atoms with Gasteiger partial charge in [0, 0.05) is 10.6 Å². The largest absolute Gasteiger partial charge is 0.506 e. The lowest BCUT2D eigenvalue weighted by atomic mass is 9.87. The summed E-state index contributed by atoms with van der Waals surface area (Å²) >= 11 is 15.1. The molecule has 2 aromatic rings. The number of aromatic hydroxyl groups is 1. The average molecular weight is 474 g/mol. The molecule has 2 rings (SSSR count).